The van der Waals surface area contributed by atoms with E-state index in [9.17, 15) is 4.39 Å². The van der Waals surface area contributed by atoms with Crippen molar-refractivity contribution in [3.05, 3.63) is 46.1 Å². The van der Waals surface area contributed by atoms with Crippen LogP contribution in [0.25, 0.3) is 10.4 Å². The molecule has 80 valence electrons. The van der Waals surface area contributed by atoms with Gasteiger partial charge in [-0.2, -0.15) is 0 Å². The third kappa shape index (κ3) is 4.44. The zero-order valence-electron chi connectivity index (χ0n) is 8.60. The predicted octanol–water partition coefficient (Wildman–Crippen LogP) is 2.57. The molecular weight excluding hydrogens is 195 g/mol. The number of likely N-dealkylation sites (N-methyl/N-ethyl adjacent to an activating group) is 1. The number of nitrogens with zero attached hydrogens (tertiary/aromatic N) is 4. The third-order valence-electron chi connectivity index (χ3n) is 2.01. The summed E-state index contributed by atoms with van der Waals surface area (Å²) in [7, 11) is 1.93. The maximum absolute atomic E-state index is 12.6. The van der Waals surface area contributed by atoms with Gasteiger partial charge < -0.3 is 4.90 Å². The molecule has 0 unspecified atom stereocenters. The summed E-state index contributed by atoms with van der Waals surface area (Å²) >= 11 is 0. The van der Waals surface area contributed by atoms with Gasteiger partial charge in [-0.05, 0) is 30.3 Å². The standard InChI is InChI=1S/C10H13FN4/c1-15(7-6-13-14-12)8-9-2-4-10(11)5-3-9/h2-5H,6-8H2,1H3. The lowest BCUT2D eigenvalue weighted by molar-refractivity contribution is 0.336. The van der Waals surface area contributed by atoms with Crippen LogP contribution in [0.3, 0.4) is 0 Å². The molecule has 0 fully saturated rings. The molecule has 1 aromatic carbocycles. The molecule has 0 spiro atoms. The lowest BCUT2D eigenvalue weighted by atomic mass is 10.2. The predicted molar refractivity (Wildman–Crippen MR) is 56.7 cm³/mol. The van der Waals surface area contributed by atoms with Crippen molar-refractivity contribution in [1.29, 1.82) is 0 Å². The van der Waals surface area contributed by atoms with Crippen molar-refractivity contribution in [1.82, 2.24) is 4.90 Å². The minimum atomic E-state index is -0.226. The third-order valence-corrected chi connectivity index (χ3v) is 2.01. The number of halogens is 1. The Morgan fingerprint density at radius 2 is 2.07 bits per heavy atom. The Labute approximate surface area is 88.0 Å². The van der Waals surface area contributed by atoms with Crippen LogP contribution in [0, 0.1) is 5.82 Å². The Morgan fingerprint density at radius 1 is 1.40 bits per heavy atom. The quantitative estimate of drug-likeness (QED) is 0.417. The average Bonchev–Trinajstić information content (AvgIpc) is 2.22. The number of azide groups is 1. The van der Waals surface area contributed by atoms with E-state index in [0.717, 1.165) is 12.1 Å². The van der Waals surface area contributed by atoms with Gasteiger partial charge in [-0.25, -0.2) is 4.39 Å². The molecule has 5 heteroatoms. The Kier molecular flexibility index (Phi) is 4.60. The summed E-state index contributed by atoms with van der Waals surface area (Å²) in [4.78, 5) is 4.69. The van der Waals surface area contributed by atoms with Crippen molar-refractivity contribution in [2.24, 2.45) is 5.11 Å². The minimum Gasteiger partial charge on any atom is -0.302 e. The monoisotopic (exact) mass is 208 g/mol. The van der Waals surface area contributed by atoms with Crippen LogP contribution in [-0.2, 0) is 6.54 Å². The largest absolute Gasteiger partial charge is 0.302 e. The molecule has 0 aliphatic carbocycles. The number of hydrogen-bond acceptors (Lipinski definition) is 2. The van der Waals surface area contributed by atoms with Crippen LogP contribution in [0.1, 0.15) is 5.56 Å². The highest BCUT2D eigenvalue weighted by atomic mass is 19.1. The van der Waals surface area contributed by atoms with E-state index >= 15 is 0 Å². The fraction of sp³-hybridized carbons (Fsp3) is 0.400. The highest BCUT2D eigenvalue weighted by molar-refractivity contribution is 5.15. The second kappa shape index (κ2) is 6.01. The smallest absolute Gasteiger partial charge is 0.123 e. The summed E-state index contributed by atoms with van der Waals surface area (Å²) in [5, 5.41) is 3.45. The molecule has 4 nitrogen and oxygen atoms in total. The fourth-order valence-electron chi connectivity index (χ4n) is 1.24. The zero-order chi connectivity index (χ0) is 11.1. The number of benzene rings is 1. The van der Waals surface area contributed by atoms with Gasteiger partial charge in [-0.15, -0.1) is 0 Å². The van der Waals surface area contributed by atoms with Gasteiger partial charge in [0.15, 0.2) is 0 Å². The normalized spacial score (nSPS) is 10.1. The Balaban J connectivity index is 2.40. The van der Waals surface area contributed by atoms with Crippen LogP contribution in [-0.4, -0.2) is 25.0 Å². The Hall–Kier alpha value is -1.58. The molecule has 0 aliphatic heterocycles. The van der Waals surface area contributed by atoms with Gasteiger partial charge in [0, 0.05) is 24.5 Å². The summed E-state index contributed by atoms with van der Waals surface area (Å²) in [5.41, 5.74) is 9.14. The molecule has 0 bridgehead atoms. The highest BCUT2D eigenvalue weighted by Gasteiger charge is 1.99. The van der Waals surface area contributed by atoms with Gasteiger partial charge in [0.05, 0.1) is 0 Å². The van der Waals surface area contributed by atoms with E-state index in [4.69, 9.17) is 5.53 Å². The first-order valence-corrected chi connectivity index (χ1v) is 4.66. The van der Waals surface area contributed by atoms with E-state index in [1.807, 2.05) is 11.9 Å². The molecule has 1 aromatic rings. The number of rotatable bonds is 5. The van der Waals surface area contributed by atoms with Gasteiger partial charge in [-0.1, -0.05) is 17.2 Å². The van der Waals surface area contributed by atoms with E-state index in [1.165, 1.54) is 12.1 Å². The summed E-state index contributed by atoms with van der Waals surface area (Å²) in [5.74, 6) is -0.226. The molecule has 0 atom stereocenters. The lowest BCUT2D eigenvalue weighted by Gasteiger charge is -2.14. The van der Waals surface area contributed by atoms with E-state index in [-0.39, 0.29) is 5.82 Å². The van der Waals surface area contributed by atoms with Crippen LogP contribution < -0.4 is 0 Å². The summed E-state index contributed by atoms with van der Waals surface area (Å²) in [6, 6.07) is 6.38. The first-order valence-electron chi connectivity index (χ1n) is 4.66. The zero-order valence-corrected chi connectivity index (χ0v) is 8.60. The second-order valence-corrected chi connectivity index (χ2v) is 3.32. The second-order valence-electron chi connectivity index (χ2n) is 3.32. The lowest BCUT2D eigenvalue weighted by Crippen LogP contribution is -2.20. The molecule has 15 heavy (non-hydrogen) atoms. The Morgan fingerprint density at radius 3 is 2.67 bits per heavy atom. The minimum absolute atomic E-state index is 0.226. The summed E-state index contributed by atoms with van der Waals surface area (Å²) in [6.07, 6.45) is 0. The van der Waals surface area contributed by atoms with Gasteiger partial charge in [0.2, 0.25) is 0 Å². The maximum atomic E-state index is 12.6. The van der Waals surface area contributed by atoms with Gasteiger partial charge >= 0.3 is 0 Å². The molecule has 0 aliphatic rings. The van der Waals surface area contributed by atoms with Gasteiger partial charge in [-0.3, -0.25) is 0 Å². The van der Waals surface area contributed by atoms with E-state index in [2.05, 4.69) is 10.0 Å². The van der Waals surface area contributed by atoms with E-state index < -0.39 is 0 Å². The van der Waals surface area contributed by atoms with Crippen LogP contribution in [0.4, 0.5) is 4.39 Å². The van der Waals surface area contributed by atoms with Crippen molar-refractivity contribution in [3.63, 3.8) is 0 Å². The van der Waals surface area contributed by atoms with Crippen LogP contribution in [0.15, 0.2) is 29.4 Å². The van der Waals surface area contributed by atoms with Crippen molar-refractivity contribution < 1.29 is 4.39 Å². The molecule has 0 saturated carbocycles. The van der Waals surface area contributed by atoms with Crippen LogP contribution in [0.2, 0.25) is 0 Å². The van der Waals surface area contributed by atoms with Crippen LogP contribution in [0.5, 0.6) is 0 Å². The molecule has 1 rings (SSSR count). The molecule has 0 N–H and O–H groups in total. The van der Waals surface area contributed by atoms with Crippen molar-refractivity contribution in [2.45, 2.75) is 6.54 Å². The van der Waals surface area contributed by atoms with Crippen molar-refractivity contribution in [3.8, 4) is 0 Å². The molecular formula is C10H13FN4. The molecule has 0 amide bonds. The SMILES string of the molecule is CN(CCN=[N+]=[N-])Cc1ccc(F)cc1. The van der Waals surface area contributed by atoms with Gasteiger partial charge in [0.25, 0.3) is 0 Å². The van der Waals surface area contributed by atoms with Crippen molar-refractivity contribution in [2.75, 3.05) is 20.1 Å². The topological polar surface area (TPSA) is 52.0 Å². The summed E-state index contributed by atoms with van der Waals surface area (Å²) in [6.45, 7) is 1.87. The Bertz CT molecular complexity index is 343. The molecule has 0 aromatic heterocycles. The average molecular weight is 208 g/mol. The van der Waals surface area contributed by atoms with E-state index in [0.29, 0.717) is 13.1 Å². The fourth-order valence-corrected chi connectivity index (χ4v) is 1.24. The van der Waals surface area contributed by atoms with Gasteiger partial charge in [0.1, 0.15) is 5.82 Å². The van der Waals surface area contributed by atoms with E-state index in [1.54, 1.807) is 12.1 Å². The number of hydrogen-bond donors (Lipinski definition) is 0. The highest BCUT2D eigenvalue weighted by Crippen LogP contribution is 2.05. The summed E-state index contributed by atoms with van der Waals surface area (Å²) < 4.78 is 12.6. The van der Waals surface area contributed by atoms with Crippen LogP contribution >= 0.6 is 0 Å². The van der Waals surface area contributed by atoms with Crippen molar-refractivity contribution >= 4 is 0 Å². The molecule has 0 heterocycles. The first-order chi connectivity index (χ1) is 7.22. The maximum Gasteiger partial charge on any atom is 0.123 e. The molecule has 0 radical (unpaired) electrons. The molecule has 0 saturated heterocycles. The first kappa shape index (κ1) is 11.5.